The number of nitrogens with one attached hydrogen (secondary N) is 1. The molecule has 1 saturated heterocycles. The van der Waals surface area contributed by atoms with Crippen molar-refractivity contribution in [2.45, 2.75) is 31.7 Å². The minimum Gasteiger partial charge on any atom is -0.366 e. The second-order valence-corrected chi connectivity index (χ2v) is 7.37. The maximum atomic E-state index is 11.9. The summed E-state index contributed by atoms with van der Waals surface area (Å²) < 4.78 is 0. The van der Waals surface area contributed by atoms with Crippen molar-refractivity contribution < 1.29 is 4.79 Å². The van der Waals surface area contributed by atoms with Crippen molar-refractivity contribution in [1.82, 2.24) is 20.2 Å². The van der Waals surface area contributed by atoms with Gasteiger partial charge >= 0.3 is 0 Å². The van der Waals surface area contributed by atoms with Gasteiger partial charge in [0.15, 0.2) is 0 Å². The molecule has 6 nitrogen and oxygen atoms in total. The molecule has 1 atom stereocenters. The molecule has 1 aromatic carbocycles. The van der Waals surface area contributed by atoms with E-state index in [9.17, 15) is 4.79 Å². The molecular weight excluding hydrogens is 374 g/mol. The van der Waals surface area contributed by atoms with E-state index in [1.165, 1.54) is 36.5 Å². The molecule has 1 N–H and O–H groups in total. The number of para-hydroxylation sites is 1. The zero-order chi connectivity index (χ0) is 18.5. The number of aromatic nitrogens is 2. The number of piperazine rings is 1. The maximum Gasteiger partial charge on any atom is 0.271 e. The second kappa shape index (κ2) is 9.85. The number of rotatable bonds is 6. The number of halogens is 1. The summed E-state index contributed by atoms with van der Waals surface area (Å²) >= 11 is 0. The molecule has 4 rings (SSSR count). The first-order valence-corrected chi connectivity index (χ1v) is 9.92. The van der Waals surface area contributed by atoms with Crippen molar-refractivity contribution in [3.63, 3.8) is 0 Å². The SMILES string of the molecule is Cl.O=C(NCCCCN1CCN2c3ccccc3CCC2C1)c1cnccn1. The number of fused-ring (bicyclic) bond motifs is 3. The van der Waals surface area contributed by atoms with Gasteiger partial charge in [-0.1, -0.05) is 18.2 Å². The van der Waals surface area contributed by atoms with Gasteiger partial charge in [-0.3, -0.25) is 14.7 Å². The molecule has 1 amide bonds. The van der Waals surface area contributed by atoms with Gasteiger partial charge in [0.25, 0.3) is 5.91 Å². The van der Waals surface area contributed by atoms with Crippen molar-refractivity contribution in [3.8, 4) is 0 Å². The molecule has 2 aliphatic heterocycles. The summed E-state index contributed by atoms with van der Waals surface area (Å²) in [4.78, 5) is 25.1. The number of nitrogens with zero attached hydrogens (tertiary/aromatic N) is 4. The van der Waals surface area contributed by atoms with Crippen molar-refractivity contribution >= 4 is 24.0 Å². The van der Waals surface area contributed by atoms with Crippen molar-refractivity contribution in [2.24, 2.45) is 0 Å². The highest BCUT2D eigenvalue weighted by atomic mass is 35.5. The molecule has 2 aromatic rings. The Morgan fingerprint density at radius 2 is 2.07 bits per heavy atom. The normalized spacial score (nSPS) is 18.6. The van der Waals surface area contributed by atoms with Crippen molar-refractivity contribution in [1.29, 1.82) is 0 Å². The summed E-state index contributed by atoms with van der Waals surface area (Å²) in [5.74, 6) is -0.141. The number of hydrogen-bond donors (Lipinski definition) is 1. The van der Waals surface area contributed by atoms with E-state index in [0.717, 1.165) is 39.0 Å². The van der Waals surface area contributed by atoms with Crippen LogP contribution in [0.25, 0.3) is 0 Å². The van der Waals surface area contributed by atoms with Gasteiger partial charge in [0.2, 0.25) is 0 Å². The second-order valence-electron chi connectivity index (χ2n) is 7.37. The molecule has 150 valence electrons. The van der Waals surface area contributed by atoms with Crippen LogP contribution < -0.4 is 10.2 Å². The largest absolute Gasteiger partial charge is 0.366 e. The van der Waals surface area contributed by atoms with Crippen LogP contribution in [-0.4, -0.2) is 59.5 Å². The number of amides is 1. The number of carbonyl (C=O) groups is 1. The Bertz CT molecular complexity index is 772. The summed E-state index contributed by atoms with van der Waals surface area (Å²) in [5, 5.41) is 2.92. The van der Waals surface area contributed by atoms with Gasteiger partial charge < -0.3 is 10.2 Å². The lowest BCUT2D eigenvalue weighted by molar-refractivity contribution is 0.0947. The third-order valence-corrected chi connectivity index (χ3v) is 5.60. The Hall–Kier alpha value is -2.18. The third kappa shape index (κ3) is 4.80. The Kier molecular flexibility index (Phi) is 7.23. The molecule has 1 unspecified atom stereocenters. The van der Waals surface area contributed by atoms with Crippen LogP contribution >= 0.6 is 12.4 Å². The van der Waals surface area contributed by atoms with Crippen LogP contribution in [0.15, 0.2) is 42.9 Å². The van der Waals surface area contributed by atoms with Gasteiger partial charge in [0, 0.05) is 50.3 Å². The fraction of sp³-hybridized carbons (Fsp3) is 0.476. The van der Waals surface area contributed by atoms with E-state index in [-0.39, 0.29) is 18.3 Å². The molecule has 1 fully saturated rings. The van der Waals surface area contributed by atoms with Crippen molar-refractivity contribution in [2.75, 3.05) is 37.6 Å². The summed E-state index contributed by atoms with van der Waals surface area (Å²) in [5.41, 5.74) is 3.33. The molecule has 1 aromatic heterocycles. The lowest BCUT2D eigenvalue weighted by Gasteiger charge is -2.46. The van der Waals surface area contributed by atoms with Gasteiger partial charge in [-0.15, -0.1) is 12.4 Å². The molecule has 0 radical (unpaired) electrons. The molecule has 7 heteroatoms. The van der Waals surface area contributed by atoms with E-state index >= 15 is 0 Å². The first-order valence-electron chi connectivity index (χ1n) is 9.92. The lowest BCUT2D eigenvalue weighted by Crippen LogP contribution is -2.55. The number of unbranched alkanes of at least 4 members (excludes halogenated alkanes) is 1. The lowest BCUT2D eigenvalue weighted by atomic mass is 9.94. The first kappa shape index (κ1) is 20.6. The Morgan fingerprint density at radius 3 is 2.93 bits per heavy atom. The van der Waals surface area contributed by atoms with E-state index in [4.69, 9.17) is 0 Å². The van der Waals surface area contributed by atoms with E-state index < -0.39 is 0 Å². The predicted octanol–water partition coefficient (Wildman–Crippen LogP) is 2.55. The summed E-state index contributed by atoms with van der Waals surface area (Å²) in [7, 11) is 0. The smallest absolute Gasteiger partial charge is 0.271 e. The molecule has 0 saturated carbocycles. The molecule has 2 aliphatic rings. The Morgan fingerprint density at radius 1 is 1.18 bits per heavy atom. The van der Waals surface area contributed by atoms with Gasteiger partial charge in [-0.25, -0.2) is 4.98 Å². The Balaban J connectivity index is 0.00000225. The van der Waals surface area contributed by atoms with Gasteiger partial charge in [-0.2, -0.15) is 0 Å². The van der Waals surface area contributed by atoms with E-state index in [1.807, 2.05) is 0 Å². The van der Waals surface area contributed by atoms with Crippen LogP contribution in [-0.2, 0) is 6.42 Å². The maximum absolute atomic E-state index is 11.9. The fourth-order valence-electron chi connectivity index (χ4n) is 4.18. The number of carbonyl (C=O) groups excluding carboxylic acids is 1. The quantitative estimate of drug-likeness (QED) is 0.754. The minimum atomic E-state index is -0.141. The van der Waals surface area contributed by atoms with Crippen LogP contribution in [0.3, 0.4) is 0 Å². The molecule has 28 heavy (non-hydrogen) atoms. The highest BCUT2D eigenvalue weighted by Crippen LogP contribution is 2.32. The minimum absolute atomic E-state index is 0. The molecule has 0 spiro atoms. The predicted molar refractivity (Wildman–Crippen MR) is 113 cm³/mol. The monoisotopic (exact) mass is 401 g/mol. The van der Waals surface area contributed by atoms with Crippen LogP contribution in [0.5, 0.6) is 0 Å². The van der Waals surface area contributed by atoms with Crippen LogP contribution in [0.2, 0.25) is 0 Å². The summed E-state index contributed by atoms with van der Waals surface area (Å²) in [6.45, 7) is 5.18. The summed E-state index contributed by atoms with van der Waals surface area (Å²) in [6, 6.07) is 9.50. The number of hydrogen-bond acceptors (Lipinski definition) is 5. The van der Waals surface area contributed by atoms with E-state index in [2.05, 4.69) is 49.4 Å². The third-order valence-electron chi connectivity index (χ3n) is 5.60. The molecule has 3 heterocycles. The zero-order valence-electron chi connectivity index (χ0n) is 16.1. The van der Waals surface area contributed by atoms with Crippen LogP contribution in [0.4, 0.5) is 5.69 Å². The van der Waals surface area contributed by atoms with Crippen LogP contribution in [0, 0.1) is 0 Å². The molecule has 0 bridgehead atoms. The van der Waals surface area contributed by atoms with Gasteiger partial charge in [0.05, 0.1) is 6.20 Å². The number of aryl methyl sites for hydroxylation is 1. The van der Waals surface area contributed by atoms with Crippen LogP contribution in [0.1, 0.15) is 35.3 Å². The standard InChI is InChI=1S/C21H27N5O.ClH/c27-21(19-15-22-10-11-23-19)24-9-3-4-12-25-13-14-26-18(16-25)8-7-17-5-1-2-6-20(17)26;/h1-2,5-6,10-11,15,18H,3-4,7-9,12-14,16H2,(H,24,27);1H. The Labute approximate surface area is 172 Å². The fourth-order valence-corrected chi connectivity index (χ4v) is 4.18. The average Bonchev–Trinajstić information content (AvgIpc) is 2.73. The summed E-state index contributed by atoms with van der Waals surface area (Å²) in [6.07, 6.45) is 9.14. The van der Waals surface area contributed by atoms with E-state index in [1.54, 1.807) is 6.20 Å². The topological polar surface area (TPSA) is 61.4 Å². The number of anilines is 1. The molecule has 0 aliphatic carbocycles. The van der Waals surface area contributed by atoms with E-state index in [0.29, 0.717) is 18.3 Å². The highest BCUT2D eigenvalue weighted by molar-refractivity contribution is 5.91. The average molecular weight is 402 g/mol. The zero-order valence-corrected chi connectivity index (χ0v) is 16.9. The highest BCUT2D eigenvalue weighted by Gasteiger charge is 2.30. The van der Waals surface area contributed by atoms with Gasteiger partial charge in [0.1, 0.15) is 5.69 Å². The molecular formula is C21H28ClN5O. The van der Waals surface area contributed by atoms with Gasteiger partial charge in [-0.05, 0) is 43.9 Å². The number of benzene rings is 1. The van der Waals surface area contributed by atoms with Crippen molar-refractivity contribution in [3.05, 3.63) is 54.1 Å². The first-order chi connectivity index (χ1) is 13.3.